The van der Waals surface area contributed by atoms with Crippen LogP contribution in [-0.2, 0) is 11.3 Å². The highest BCUT2D eigenvalue weighted by Crippen LogP contribution is 2.23. The van der Waals surface area contributed by atoms with Crippen LogP contribution in [0.3, 0.4) is 0 Å². The number of methoxy groups -OCH3 is 2. The normalized spacial score (nSPS) is 14.7. The first-order valence-corrected chi connectivity index (χ1v) is 8.61. The van der Waals surface area contributed by atoms with Gasteiger partial charge in [0.2, 0.25) is 0 Å². The fraction of sp³-hybridized carbons (Fsp3) is 0.350. The second-order valence-corrected chi connectivity index (χ2v) is 6.14. The molecule has 0 radical (unpaired) electrons. The van der Waals surface area contributed by atoms with E-state index in [0.29, 0.717) is 17.1 Å². The lowest BCUT2D eigenvalue weighted by Crippen LogP contribution is -2.35. The zero-order chi connectivity index (χ0) is 18.4. The Balaban J connectivity index is 1.64. The van der Waals surface area contributed by atoms with Crippen molar-refractivity contribution in [3.05, 3.63) is 53.6 Å². The summed E-state index contributed by atoms with van der Waals surface area (Å²) in [5.41, 5.74) is 2.45. The third kappa shape index (κ3) is 4.74. The molecule has 1 fully saturated rings. The van der Waals surface area contributed by atoms with Crippen molar-refractivity contribution in [2.45, 2.75) is 6.54 Å². The maximum atomic E-state index is 12.5. The predicted octanol–water partition coefficient (Wildman–Crippen LogP) is 2.79. The Hall–Kier alpha value is -2.57. The molecule has 1 N–H and O–H groups in total. The van der Waals surface area contributed by atoms with Gasteiger partial charge in [0.05, 0.1) is 27.4 Å². The highest BCUT2D eigenvalue weighted by molar-refractivity contribution is 6.04. The van der Waals surface area contributed by atoms with Crippen LogP contribution in [0.1, 0.15) is 15.9 Å². The number of hydrogen-bond acceptors (Lipinski definition) is 5. The Morgan fingerprint density at radius 1 is 1.04 bits per heavy atom. The van der Waals surface area contributed by atoms with Crippen molar-refractivity contribution < 1.29 is 19.0 Å². The summed E-state index contributed by atoms with van der Waals surface area (Å²) >= 11 is 0. The highest BCUT2D eigenvalue weighted by atomic mass is 16.5. The van der Waals surface area contributed by atoms with Crippen molar-refractivity contribution in [2.24, 2.45) is 0 Å². The maximum Gasteiger partial charge on any atom is 0.255 e. The summed E-state index contributed by atoms with van der Waals surface area (Å²) in [7, 11) is 3.12. The zero-order valence-electron chi connectivity index (χ0n) is 15.2. The summed E-state index contributed by atoms with van der Waals surface area (Å²) < 4.78 is 15.8. The van der Waals surface area contributed by atoms with Gasteiger partial charge >= 0.3 is 0 Å². The highest BCUT2D eigenvalue weighted by Gasteiger charge is 2.12. The van der Waals surface area contributed by atoms with Crippen molar-refractivity contribution in [3.63, 3.8) is 0 Å². The van der Waals surface area contributed by atoms with Gasteiger partial charge in [-0.3, -0.25) is 9.69 Å². The predicted molar refractivity (Wildman–Crippen MR) is 100 cm³/mol. The van der Waals surface area contributed by atoms with Crippen molar-refractivity contribution in [3.8, 4) is 11.5 Å². The van der Waals surface area contributed by atoms with Crippen molar-refractivity contribution in [1.82, 2.24) is 4.90 Å². The van der Waals surface area contributed by atoms with Crippen LogP contribution < -0.4 is 14.8 Å². The molecule has 0 spiro atoms. The molecule has 1 aliphatic rings. The van der Waals surface area contributed by atoms with Crippen LogP contribution >= 0.6 is 0 Å². The van der Waals surface area contributed by atoms with Crippen LogP contribution in [0.15, 0.2) is 42.5 Å². The van der Waals surface area contributed by atoms with Gasteiger partial charge in [0, 0.05) is 37.0 Å². The minimum absolute atomic E-state index is 0.205. The topological polar surface area (TPSA) is 60.0 Å². The van der Waals surface area contributed by atoms with E-state index in [1.807, 2.05) is 24.3 Å². The Labute approximate surface area is 153 Å². The van der Waals surface area contributed by atoms with E-state index >= 15 is 0 Å². The lowest BCUT2D eigenvalue weighted by Gasteiger charge is -2.26. The van der Waals surface area contributed by atoms with E-state index in [0.717, 1.165) is 38.5 Å². The molecule has 1 aliphatic heterocycles. The van der Waals surface area contributed by atoms with Crippen LogP contribution in [-0.4, -0.2) is 51.3 Å². The molecule has 1 amide bonds. The fourth-order valence-electron chi connectivity index (χ4n) is 2.85. The number of morpholine rings is 1. The van der Waals surface area contributed by atoms with Crippen molar-refractivity contribution in [2.75, 3.05) is 45.8 Å². The molecule has 0 aliphatic carbocycles. The smallest absolute Gasteiger partial charge is 0.255 e. The maximum absolute atomic E-state index is 12.5. The number of anilines is 1. The van der Waals surface area contributed by atoms with Gasteiger partial charge in [0.25, 0.3) is 5.91 Å². The van der Waals surface area contributed by atoms with Gasteiger partial charge in [-0.2, -0.15) is 0 Å². The standard InChI is InChI=1S/C20H24N2O4/c1-24-18-11-16(12-19(13-18)25-2)20(23)21-17-5-3-15(4-6-17)14-22-7-9-26-10-8-22/h3-6,11-13H,7-10,14H2,1-2H3,(H,21,23). The van der Waals surface area contributed by atoms with E-state index < -0.39 is 0 Å². The Kier molecular flexibility index (Phi) is 6.09. The number of ether oxygens (including phenoxy) is 3. The van der Waals surface area contributed by atoms with Gasteiger partial charge in [-0.05, 0) is 29.8 Å². The van der Waals surface area contributed by atoms with E-state index in [4.69, 9.17) is 14.2 Å². The second-order valence-electron chi connectivity index (χ2n) is 6.14. The summed E-state index contributed by atoms with van der Waals surface area (Å²) in [6.45, 7) is 4.38. The van der Waals surface area contributed by atoms with Crippen LogP contribution in [0.2, 0.25) is 0 Å². The Morgan fingerprint density at radius 3 is 2.23 bits per heavy atom. The number of nitrogens with one attached hydrogen (secondary N) is 1. The van der Waals surface area contributed by atoms with E-state index in [9.17, 15) is 4.79 Å². The van der Waals surface area contributed by atoms with Crippen molar-refractivity contribution in [1.29, 1.82) is 0 Å². The molecule has 0 unspecified atom stereocenters. The Bertz CT molecular complexity index is 718. The average molecular weight is 356 g/mol. The SMILES string of the molecule is COc1cc(OC)cc(C(=O)Nc2ccc(CN3CCOCC3)cc2)c1. The van der Waals surface area contributed by atoms with Crippen LogP contribution in [0.5, 0.6) is 11.5 Å². The molecular weight excluding hydrogens is 332 g/mol. The third-order valence-electron chi connectivity index (χ3n) is 4.34. The monoisotopic (exact) mass is 356 g/mol. The lowest BCUT2D eigenvalue weighted by molar-refractivity contribution is 0.0342. The van der Waals surface area contributed by atoms with Gasteiger partial charge in [-0.25, -0.2) is 0 Å². The molecule has 1 heterocycles. The number of hydrogen-bond donors (Lipinski definition) is 1. The summed E-state index contributed by atoms with van der Waals surface area (Å²) in [6, 6.07) is 13.0. The average Bonchev–Trinajstić information content (AvgIpc) is 2.69. The molecule has 0 saturated carbocycles. The first kappa shape index (κ1) is 18.2. The van der Waals surface area contributed by atoms with E-state index in [2.05, 4.69) is 10.2 Å². The molecule has 2 aromatic carbocycles. The van der Waals surface area contributed by atoms with Crippen LogP contribution in [0, 0.1) is 0 Å². The molecular formula is C20H24N2O4. The van der Waals surface area contributed by atoms with Crippen molar-refractivity contribution >= 4 is 11.6 Å². The summed E-state index contributed by atoms with van der Waals surface area (Å²) in [6.07, 6.45) is 0. The number of nitrogens with zero attached hydrogens (tertiary/aromatic N) is 1. The molecule has 0 aromatic heterocycles. The Morgan fingerprint density at radius 2 is 1.65 bits per heavy atom. The number of carbonyl (C=O) groups is 1. The molecule has 6 nitrogen and oxygen atoms in total. The molecule has 6 heteroatoms. The second kappa shape index (κ2) is 8.69. The molecule has 26 heavy (non-hydrogen) atoms. The summed E-state index contributed by atoms with van der Waals surface area (Å²) in [5, 5.41) is 2.91. The number of benzene rings is 2. The van der Waals surface area contributed by atoms with E-state index in [-0.39, 0.29) is 5.91 Å². The third-order valence-corrected chi connectivity index (χ3v) is 4.34. The molecule has 1 saturated heterocycles. The molecule has 138 valence electrons. The van der Waals surface area contributed by atoms with Crippen LogP contribution in [0.4, 0.5) is 5.69 Å². The summed E-state index contributed by atoms with van der Waals surface area (Å²) in [4.78, 5) is 14.9. The first-order chi connectivity index (χ1) is 12.7. The quantitative estimate of drug-likeness (QED) is 0.862. The molecule has 2 aromatic rings. The van der Waals surface area contributed by atoms with Gasteiger partial charge in [0.1, 0.15) is 11.5 Å². The fourth-order valence-corrected chi connectivity index (χ4v) is 2.85. The van der Waals surface area contributed by atoms with E-state index in [1.165, 1.54) is 5.56 Å². The van der Waals surface area contributed by atoms with Gasteiger partial charge in [-0.1, -0.05) is 12.1 Å². The molecule has 0 atom stereocenters. The number of carbonyl (C=O) groups excluding carboxylic acids is 1. The van der Waals surface area contributed by atoms with E-state index in [1.54, 1.807) is 32.4 Å². The van der Waals surface area contributed by atoms with Crippen LogP contribution in [0.25, 0.3) is 0 Å². The minimum Gasteiger partial charge on any atom is -0.497 e. The largest absolute Gasteiger partial charge is 0.497 e. The molecule has 0 bridgehead atoms. The van der Waals surface area contributed by atoms with Gasteiger partial charge in [-0.15, -0.1) is 0 Å². The zero-order valence-corrected chi connectivity index (χ0v) is 15.2. The molecule has 3 rings (SSSR count). The lowest BCUT2D eigenvalue weighted by atomic mass is 10.1. The number of rotatable bonds is 6. The van der Waals surface area contributed by atoms with Gasteiger partial charge < -0.3 is 19.5 Å². The summed E-state index contributed by atoms with van der Waals surface area (Å²) in [5.74, 6) is 0.953. The first-order valence-electron chi connectivity index (χ1n) is 8.61. The number of amides is 1. The minimum atomic E-state index is -0.205. The van der Waals surface area contributed by atoms with Gasteiger partial charge in [0.15, 0.2) is 0 Å².